The van der Waals surface area contributed by atoms with Gasteiger partial charge in [0, 0.05) is 12.1 Å². The fraction of sp³-hybridized carbons (Fsp3) is 0.630. The van der Waals surface area contributed by atoms with Crippen molar-refractivity contribution in [3.05, 3.63) is 41.5 Å². The van der Waals surface area contributed by atoms with Gasteiger partial charge in [-0.25, -0.2) is 8.78 Å². The van der Waals surface area contributed by atoms with E-state index in [0.717, 1.165) is 61.5 Å². The molecule has 32 heavy (non-hydrogen) atoms. The Balaban J connectivity index is 1.27. The summed E-state index contributed by atoms with van der Waals surface area (Å²) in [6.45, 7) is 2.12. The lowest BCUT2D eigenvalue weighted by Crippen LogP contribution is -2.35. The van der Waals surface area contributed by atoms with Gasteiger partial charge < -0.3 is 4.74 Å². The van der Waals surface area contributed by atoms with Gasteiger partial charge in [0.15, 0.2) is 0 Å². The molecule has 4 unspecified atom stereocenters. The summed E-state index contributed by atoms with van der Waals surface area (Å²) in [5, 5.41) is 8.77. The molecule has 3 nitrogen and oxygen atoms in total. The number of carbonyl (C=O) groups excluding carboxylic acids is 1. The highest BCUT2D eigenvalue weighted by Crippen LogP contribution is 2.49. The van der Waals surface area contributed by atoms with Crippen LogP contribution >= 0.6 is 0 Å². The minimum Gasteiger partial charge on any atom is -0.426 e. The number of nitrogens with zero attached hydrogens (tertiary/aromatic N) is 1. The van der Waals surface area contributed by atoms with Crippen LogP contribution in [-0.2, 0) is 4.79 Å². The Morgan fingerprint density at radius 2 is 1.50 bits per heavy atom. The molecule has 0 N–H and O–H groups in total. The molecule has 0 amide bonds. The van der Waals surface area contributed by atoms with E-state index in [1.54, 1.807) is 0 Å². The summed E-state index contributed by atoms with van der Waals surface area (Å²) in [5.41, 5.74) is -0.657. The number of rotatable bonds is 4. The van der Waals surface area contributed by atoms with Crippen LogP contribution in [0.15, 0.2) is 24.3 Å². The third kappa shape index (κ3) is 5.05. The maximum absolute atomic E-state index is 13.8. The lowest BCUT2D eigenvalue weighted by molar-refractivity contribution is -0.140. The third-order valence-corrected chi connectivity index (χ3v) is 8.28. The Morgan fingerprint density at radius 1 is 0.938 bits per heavy atom. The zero-order valence-corrected chi connectivity index (χ0v) is 18.9. The van der Waals surface area contributed by atoms with Crippen LogP contribution in [0.3, 0.4) is 0 Å². The van der Waals surface area contributed by atoms with E-state index in [2.05, 4.69) is 19.1 Å². The summed E-state index contributed by atoms with van der Waals surface area (Å²) in [5.74, 6) is 1.17. The number of esters is 1. The highest BCUT2D eigenvalue weighted by Gasteiger charge is 2.39. The largest absolute Gasteiger partial charge is 0.426 e. The minimum atomic E-state index is -1.01. The maximum atomic E-state index is 13.8. The van der Waals surface area contributed by atoms with Gasteiger partial charge in [-0.2, -0.15) is 5.26 Å². The summed E-state index contributed by atoms with van der Waals surface area (Å²) in [6.07, 6.45) is 16.2. The molecular weight excluding hydrogens is 408 g/mol. The van der Waals surface area contributed by atoms with Gasteiger partial charge in [-0.05, 0) is 101 Å². The van der Waals surface area contributed by atoms with E-state index >= 15 is 0 Å². The number of fused-ring (bicyclic) bond motifs is 1. The van der Waals surface area contributed by atoms with Crippen LogP contribution in [0.4, 0.5) is 8.78 Å². The molecule has 0 spiro atoms. The summed E-state index contributed by atoms with van der Waals surface area (Å²) in [4.78, 5) is 12.6. The molecule has 3 aliphatic rings. The first-order valence-corrected chi connectivity index (χ1v) is 12.2. The first kappa shape index (κ1) is 23.0. The van der Waals surface area contributed by atoms with Gasteiger partial charge in [0.25, 0.3) is 0 Å². The number of nitriles is 1. The van der Waals surface area contributed by atoms with E-state index in [1.165, 1.54) is 44.6 Å². The van der Waals surface area contributed by atoms with Crippen LogP contribution in [0.25, 0.3) is 0 Å². The van der Waals surface area contributed by atoms with Crippen LogP contribution in [0.1, 0.15) is 76.7 Å². The molecule has 4 rings (SSSR count). The number of halogens is 2. The number of ether oxygens (including phenoxy) is 1. The molecule has 1 aromatic rings. The monoisotopic (exact) mass is 441 g/mol. The minimum absolute atomic E-state index is 0.169. The van der Waals surface area contributed by atoms with Gasteiger partial charge in [0.05, 0.1) is 5.92 Å². The van der Waals surface area contributed by atoms with Crippen molar-refractivity contribution in [3.63, 3.8) is 0 Å². The van der Waals surface area contributed by atoms with E-state index in [0.29, 0.717) is 5.92 Å². The first-order valence-electron chi connectivity index (χ1n) is 12.2. The molecular formula is C27H33F2NO2. The first-order chi connectivity index (χ1) is 15.5. The third-order valence-electron chi connectivity index (χ3n) is 8.28. The number of allylic oxidation sites excluding steroid dienone is 2. The molecule has 172 valence electrons. The Hall–Kier alpha value is -2.22. The zero-order valence-electron chi connectivity index (χ0n) is 18.9. The molecule has 3 fully saturated rings. The SMILES string of the molecule is C/C=C/C1CCC2CC(C3CCC(C(=O)Oc4cc(F)c(C#N)c(F)c4)CC3)CCC2C1. The summed E-state index contributed by atoms with van der Waals surface area (Å²) in [6, 6.07) is 3.30. The van der Waals surface area contributed by atoms with Crippen molar-refractivity contribution >= 4 is 5.97 Å². The van der Waals surface area contributed by atoms with E-state index in [-0.39, 0.29) is 11.7 Å². The smallest absolute Gasteiger partial charge is 0.314 e. The Morgan fingerprint density at radius 3 is 2.12 bits per heavy atom. The molecule has 0 aliphatic heterocycles. The van der Waals surface area contributed by atoms with Crippen molar-refractivity contribution in [2.45, 2.75) is 71.1 Å². The van der Waals surface area contributed by atoms with Gasteiger partial charge in [-0.1, -0.05) is 12.2 Å². The van der Waals surface area contributed by atoms with Gasteiger partial charge in [0.2, 0.25) is 0 Å². The highest BCUT2D eigenvalue weighted by molar-refractivity contribution is 5.75. The van der Waals surface area contributed by atoms with Crippen LogP contribution in [0.5, 0.6) is 5.75 Å². The normalized spacial score (nSPS) is 32.8. The lowest BCUT2D eigenvalue weighted by atomic mass is 9.61. The Bertz CT molecular complexity index is 874. The molecule has 0 saturated heterocycles. The predicted octanol–water partition coefficient (Wildman–Crippen LogP) is 6.96. The Labute approximate surface area is 189 Å². The maximum Gasteiger partial charge on any atom is 0.314 e. The zero-order chi connectivity index (χ0) is 22.7. The number of carbonyl (C=O) groups is 1. The topological polar surface area (TPSA) is 50.1 Å². The summed E-state index contributed by atoms with van der Waals surface area (Å²) >= 11 is 0. The van der Waals surface area contributed by atoms with Crippen molar-refractivity contribution in [2.75, 3.05) is 0 Å². The van der Waals surface area contributed by atoms with Gasteiger partial charge >= 0.3 is 5.97 Å². The molecule has 0 bridgehead atoms. The van der Waals surface area contributed by atoms with Crippen LogP contribution in [0.2, 0.25) is 0 Å². The molecule has 0 heterocycles. The van der Waals surface area contributed by atoms with Crippen molar-refractivity contribution in [1.29, 1.82) is 5.26 Å². The molecule has 3 saturated carbocycles. The van der Waals surface area contributed by atoms with Gasteiger partial charge in [-0.3, -0.25) is 4.79 Å². The Kier molecular flexibility index (Phi) is 7.28. The van der Waals surface area contributed by atoms with E-state index in [4.69, 9.17) is 10.00 Å². The fourth-order valence-electron chi connectivity index (χ4n) is 6.58. The van der Waals surface area contributed by atoms with Crippen LogP contribution in [0, 0.1) is 58.5 Å². The molecule has 5 heteroatoms. The average molecular weight is 442 g/mol. The summed E-state index contributed by atoms with van der Waals surface area (Å²) in [7, 11) is 0. The molecule has 0 aromatic heterocycles. The molecule has 3 aliphatic carbocycles. The van der Waals surface area contributed by atoms with Crippen molar-refractivity contribution < 1.29 is 18.3 Å². The van der Waals surface area contributed by atoms with Crippen molar-refractivity contribution in [3.8, 4) is 11.8 Å². The highest BCUT2D eigenvalue weighted by atomic mass is 19.1. The van der Waals surface area contributed by atoms with E-state index in [1.807, 2.05) is 0 Å². The van der Waals surface area contributed by atoms with E-state index < -0.39 is 23.2 Å². The number of hydrogen-bond donors (Lipinski definition) is 0. The van der Waals surface area contributed by atoms with Gasteiger partial charge in [-0.15, -0.1) is 0 Å². The quantitative estimate of drug-likeness (QED) is 0.288. The molecule has 4 atom stereocenters. The number of benzene rings is 1. The second kappa shape index (κ2) is 10.1. The van der Waals surface area contributed by atoms with Crippen molar-refractivity contribution in [1.82, 2.24) is 0 Å². The molecule has 0 radical (unpaired) electrons. The van der Waals surface area contributed by atoms with Gasteiger partial charge in [0.1, 0.15) is 29.0 Å². The predicted molar refractivity (Wildman–Crippen MR) is 119 cm³/mol. The van der Waals surface area contributed by atoms with Crippen molar-refractivity contribution in [2.24, 2.45) is 35.5 Å². The van der Waals surface area contributed by atoms with Crippen LogP contribution in [-0.4, -0.2) is 5.97 Å². The van der Waals surface area contributed by atoms with Crippen LogP contribution < -0.4 is 4.74 Å². The van der Waals surface area contributed by atoms with E-state index in [9.17, 15) is 13.6 Å². The summed E-state index contributed by atoms with van der Waals surface area (Å²) < 4.78 is 32.8. The second-order valence-electron chi connectivity index (χ2n) is 10.1. The average Bonchev–Trinajstić information content (AvgIpc) is 2.79. The standard InChI is InChI=1S/C27H33F2NO2/c1-2-3-17-4-5-22-13-21(11-10-20(22)12-17)18-6-8-19(9-7-18)27(31)32-23-14-25(28)24(16-30)26(29)15-23/h2-3,14-15,17-22H,4-13H2,1H3/b3-2+. The number of hydrogen-bond acceptors (Lipinski definition) is 3. The second-order valence-corrected chi connectivity index (χ2v) is 10.1. The lowest BCUT2D eigenvalue weighted by Gasteiger charge is -2.45. The molecule has 1 aromatic carbocycles. The fourth-order valence-corrected chi connectivity index (χ4v) is 6.58.